The van der Waals surface area contributed by atoms with Crippen molar-refractivity contribution in [2.45, 2.75) is 32.2 Å². The number of ether oxygens (including phenoxy) is 1. The van der Waals surface area contributed by atoms with Crippen LogP contribution in [0.1, 0.15) is 26.7 Å². The van der Waals surface area contributed by atoms with Gasteiger partial charge >= 0.3 is 0 Å². The molecule has 0 aromatic carbocycles. The Labute approximate surface area is 118 Å². The molecule has 0 aromatic heterocycles. The highest BCUT2D eigenvalue weighted by atomic mass is 16.5. The molecule has 2 fully saturated rings. The molecule has 1 N–H and O–H groups in total. The Kier molecular flexibility index (Phi) is 5.63. The predicted molar refractivity (Wildman–Crippen MR) is 79.6 cm³/mol. The van der Waals surface area contributed by atoms with Crippen LogP contribution < -0.4 is 5.32 Å². The lowest BCUT2D eigenvalue weighted by Crippen LogP contribution is -2.57. The maximum Gasteiger partial charge on any atom is 0.0469 e. The Morgan fingerprint density at radius 1 is 1.21 bits per heavy atom. The number of hydrogen-bond acceptors (Lipinski definition) is 4. The third-order valence-electron chi connectivity index (χ3n) is 4.54. The molecule has 0 unspecified atom stereocenters. The molecule has 2 heterocycles. The average molecular weight is 269 g/mol. The lowest BCUT2D eigenvalue weighted by molar-refractivity contribution is 0.0375. The van der Waals surface area contributed by atoms with Crippen LogP contribution >= 0.6 is 0 Å². The molecule has 4 nitrogen and oxygen atoms in total. The van der Waals surface area contributed by atoms with Gasteiger partial charge in [0, 0.05) is 58.0 Å². The molecule has 0 spiro atoms. The van der Waals surface area contributed by atoms with Crippen molar-refractivity contribution < 1.29 is 4.74 Å². The molecule has 0 amide bonds. The topological polar surface area (TPSA) is 27.7 Å². The van der Waals surface area contributed by atoms with E-state index in [-0.39, 0.29) is 5.54 Å². The van der Waals surface area contributed by atoms with E-state index in [9.17, 15) is 0 Å². The summed E-state index contributed by atoms with van der Waals surface area (Å²) in [5.74, 6) is 0.831. The van der Waals surface area contributed by atoms with E-state index < -0.39 is 0 Å². The third-order valence-corrected chi connectivity index (χ3v) is 4.54. The summed E-state index contributed by atoms with van der Waals surface area (Å²) in [5.41, 5.74) is 0.280. The Balaban J connectivity index is 1.77. The summed E-state index contributed by atoms with van der Waals surface area (Å²) in [6.07, 6.45) is 2.47. The van der Waals surface area contributed by atoms with Crippen LogP contribution in [0.2, 0.25) is 0 Å². The van der Waals surface area contributed by atoms with Crippen molar-refractivity contribution in [1.82, 2.24) is 15.1 Å². The maximum absolute atomic E-state index is 5.44. The quantitative estimate of drug-likeness (QED) is 0.807. The summed E-state index contributed by atoms with van der Waals surface area (Å²) in [7, 11) is 2.28. The van der Waals surface area contributed by atoms with Crippen molar-refractivity contribution in [3.63, 3.8) is 0 Å². The highest BCUT2D eigenvalue weighted by Crippen LogP contribution is 2.19. The first-order valence-electron chi connectivity index (χ1n) is 7.80. The second-order valence-electron chi connectivity index (χ2n) is 6.80. The molecule has 2 aliphatic rings. The summed E-state index contributed by atoms with van der Waals surface area (Å²) in [4.78, 5) is 5.15. The number of nitrogens with one attached hydrogen (secondary N) is 1. The third kappa shape index (κ3) is 4.71. The SMILES string of the molecule is CN(CC1CCOCC1)CC(C)(C)N1CCNCC1. The highest BCUT2D eigenvalue weighted by molar-refractivity contribution is 4.87. The number of rotatable bonds is 5. The van der Waals surface area contributed by atoms with Crippen molar-refractivity contribution in [2.24, 2.45) is 5.92 Å². The molecule has 2 saturated heterocycles. The second-order valence-corrected chi connectivity index (χ2v) is 6.80. The fourth-order valence-corrected chi connectivity index (χ4v) is 3.47. The van der Waals surface area contributed by atoms with Gasteiger partial charge in [-0.25, -0.2) is 0 Å². The van der Waals surface area contributed by atoms with Crippen LogP contribution in [0.15, 0.2) is 0 Å². The van der Waals surface area contributed by atoms with E-state index >= 15 is 0 Å². The van der Waals surface area contributed by atoms with Crippen molar-refractivity contribution in [3.8, 4) is 0 Å². The van der Waals surface area contributed by atoms with Gasteiger partial charge in [0.1, 0.15) is 0 Å². The zero-order valence-corrected chi connectivity index (χ0v) is 13.0. The van der Waals surface area contributed by atoms with Crippen LogP contribution in [0.25, 0.3) is 0 Å². The number of nitrogens with zero attached hydrogens (tertiary/aromatic N) is 2. The Bertz CT molecular complexity index is 258. The van der Waals surface area contributed by atoms with Crippen molar-refractivity contribution in [1.29, 1.82) is 0 Å². The van der Waals surface area contributed by atoms with E-state index in [4.69, 9.17) is 4.74 Å². The zero-order chi connectivity index (χ0) is 13.7. The second kappa shape index (κ2) is 7.02. The smallest absolute Gasteiger partial charge is 0.0469 e. The molecule has 0 saturated carbocycles. The minimum Gasteiger partial charge on any atom is -0.381 e. The van der Waals surface area contributed by atoms with Crippen LogP contribution in [0.4, 0.5) is 0 Å². The van der Waals surface area contributed by atoms with Crippen molar-refractivity contribution in [3.05, 3.63) is 0 Å². The van der Waals surface area contributed by atoms with E-state index in [2.05, 4.69) is 36.0 Å². The van der Waals surface area contributed by atoms with E-state index in [0.717, 1.165) is 38.8 Å². The van der Waals surface area contributed by atoms with Crippen LogP contribution in [0, 0.1) is 5.92 Å². The molecule has 2 aliphatic heterocycles. The van der Waals surface area contributed by atoms with Gasteiger partial charge in [-0.1, -0.05) is 0 Å². The molecular formula is C15H31N3O. The summed E-state index contributed by atoms with van der Waals surface area (Å²) in [6.45, 7) is 13.7. The van der Waals surface area contributed by atoms with E-state index in [1.54, 1.807) is 0 Å². The van der Waals surface area contributed by atoms with Gasteiger partial charge in [0.2, 0.25) is 0 Å². The van der Waals surface area contributed by atoms with Crippen LogP contribution in [-0.2, 0) is 4.74 Å². The summed E-state index contributed by atoms with van der Waals surface area (Å²) >= 11 is 0. The average Bonchev–Trinajstić information content (AvgIpc) is 2.40. The first-order chi connectivity index (χ1) is 9.08. The van der Waals surface area contributed by atoms with E-state index in [0.29, 0.717) is 0 Å². The van der Waals surface area contributed by atoms with E-state index in [1.807, 2.05) is 0 Å². The molecule has 2 rings (SSSR count). The number of piperazine rings is 1. The number of hydrogen-bond donors (Lipinski definition) is 1. The molecule has 0 atom stereocenters. The van der Waals surface area contributed by atoms with Gasteiger partial charge in [0.25, 0.3) is 0 Å². The summed E-state index contributed by atoms with van der Waals surface area (Å²) in [6, 6.07) is 0. The molecular weight excluding hydrogens is 238 g/mol. The molecule has 19 heavy (non-hydrogen) atoms. The first kappa shape index (κ1) is 15.2. The fraction of sp³-hybridized carbons (Fsp3) is 1.00. The highest BCUT2D eigenvalue weighted by Gasteiger charge is 2.29. The van der Waals surface area contributed by atoms with Crippen LogP contribution in [0.3, 0.4) is 0 Å². The van der Waals surface area contributed by atoms with Crippen LogP contribution in [-0.4, -0.2) is 74.9 Å². The minimum absolute atomic E-state index is 0.280. The van der Waals surface area contributed by atoms with Gasteiger partial charge in [-0.2, -0.15) is 0 Å². The van der Waals surface area contributed by atoms with Gasteiger partial charge < -0.3 is 15.0 Å². The molecule has 0 bridgehead atoms. The molecule has 112 valence electrons. The van der Waals surface area contributed by atoms with E-state index in [1.165, 1.54) is 32.5 Å². The molecule has 0 aromatic rings. The van der Waals surface area contributed by atoms with Crippen molar-refractivity contribution in [2.75, 3.05) is 59.5 Å². The number of likely N-dealkylation sites (N-methyl/N-ethyl adjacent to an activating group) is 1. The Morgan fingerprint density at radius 3 is 2.47 bits per heavy atom. The largest absolute Gasteiger partial charge is 0.381 e. The minimum atomic E-state index is 0.280. The first-order valence-corrected chi connectivity index (χ1v) is 7.80. The summed E-state index contributed by atoms with van der Waals surface area (Å²) in [5, 5.41) is 3.44. The fourth-order valence-electron chi connectivity index (χ4n) is 3.47. The van der Waals surface area contributed by atoms with Gasteiger partial charge in [-0.05, 0) is 39.7 Å². The molecule has 4 heteroatoms. The predicted octanol–water partition coefficient (Wildman–Crippen LogP) is 1.03. The maximum atomic E-state index is 5.44. The van der Waals surface area contributed by atoms with Gasteiger partial charge in [0.05, 0.1) is 0 Å². The zero-order valence-electron chi connectivity index (χ0n) is 13.0. The standard InChI is InChI=1S/C15H31N3O/c1-15(2,18-8-6-16-7-9-18)13-17(3)12-14-4-10-19-11-5-14/h14,16H,4-13H2,1-3H3. The van der Waals surface area contributed by atoms with Gasteiger partial charge in [0.15, 0.2) is 0 Å². The monoisotopic (exact) mass is 269 g/mol. The Hall–Kier alpha value is -0.160. The van der Waals surface area contributed by atoms with Gasteiger partial charge in [-0.3, -0.25) is 4.90 Å². The van der Waals surface area contributed by atoms with Gasteiger partial charge in [-0.15, -0.1) is 0 Å². The van der Waals surface area contributed by atoms with Crippen LogP contribution in [0.5, 0.6) is 0 Å². The normalized spacial score (nSPS) is 24.0. The Morgan fingerprint density at radius 2 is 1.84 bits per heavy atom. The van der Waals surface area contributed by atoms with Crippen molar-refractivity contribution >= 4 is 0 Å². The molecule has 0 radical (unpaired) electrons. The lowest BCUT2D eigenvalue weighted by Gasteiger charge is -2.43. The lowest BCUT2D eigenvalue weighted by atomic mass is 9.97. The molecule has 0 aliphatic carbocycles. The summed E-state index contributed by atoms with van der Waals surface area (Å²) < 4.78 is 5.44.